The standard InChI is InChI=1S/C11H19NO2/c1-2-14-10(13)9-7-11(9)5-3-8(12)4-6-11/h8-9H,2-7,12H2,1H3. The fourth-order valence-corrected chi connectivity index (χ4v) is 2.69. The Hall–Kier alpha value is -0.570. The first-order chi connectivity index (χ1) is 6.68. The minimum atomic E-state index is 0.0166. The van der Waals surface area contributed by atoms with Crippen LogP contribution < -0.4 is 5.73 Å². The summed E-state index contributed by atoms with van der Waals surface area (Å²) in [5, 5.41) is 0. The van der Waals surface area contributed by atoms with Crippen molar-refractivity contribution in [2.24, 2.45) is 17.1 Å². The highest BCUT2D eigenvalue weighted by Gasteiger charge is 2.59. The average Bonchev–Trinajstić information content (AvgIpc) is 2.87. The first kappa shape index (κ1) is 9.97. The number of carbonyl (C=O) groups is 1. The summed E-state index contributed by atoms with van der Waals surface area (Å²) >= 11 is 0. The normalized spacial score (nSPS) is 41.0. The lowest BCUT2D eigenvalue weighted by Crippen LogP contribution is -2.29. The molecule has 1 spiro atoms. The zero-order valence-corrected chi connectivity index (χ0v) is 8.79. The fourth-order valence-electron chi connectivity index (χ4n) is 2.69. The van der Waals surface area contributed by atoms with Crippen LogP contribution in [-0.4, -0.2) is 18.6 Å². The summed E-state index contributed by atoms with van der Waals surface area (Å²) in [6.45, 7) is 2.37. The summed E-state index contributed by atoms with van der Waals surface area (Å²) in [6, 6.07) is 0.365. The van der Waals surface area contributed by atoms with Crippen LogP contribution in [0.3, 0.4) is 0 Å². The predicted octanol–water partition coefficient (Wildman–Crippen LogP) is 1.46. The molecule has 2 saturated carbocycles. The van der Waals surface area contributed by atoms with E-state index in [1.165, 1.54) is 0 Å². The SMILES string of the molecule is CCOC(=O)C1CC12CCC(N)CC2. The van der Waals surface area contributed by atoms with E-state index in [0.717, 1.165) is 32.1 Å². The van der Waals surface area contributed by atoms with Gasteiger partial charge in [-0.3, -0.25) is 4.79 Å². The molecular formula is C11H19NO2. The van der Waals surface area contributed by atoms with E-state index < -0.39 is 0 Å². The van der Waals surface area contributed by atoms with Gasteiger partial charge in [-0.2, -0.15) is 0 Å². The van der Waals surface area contributed by atoms with E-state index in [9.17, 15) is 4.79 Å². The lowest BCUT2D eigenvalue weighted by Gasteiger charge is -2.26. The zero-order chi connectivity index (χ0) is 10.2. The van der Waals surface area contributed by atoms with Crippen LogP contribution in [0.2, 0.25) is 0 Å². The smallest absolute Gasteiger partial charge is 0.309 e. The van der Waals surface area contributed by atoms with Crippen molar-refractivity contribution in [1.82, 2.24) is 0 Å². The maximum absolute atomic E-state index is 11.5. The third kappa shape index (κ3) is 1.65. The van der Waals surface area contributed by atoms with Gasteiger partial charge >= 0.3 is 5.97 Å². The maximum atomic E-state index is 11.5. The van der Waals surface area contributed by atoms with Gasteiger partial charge in [0.05, 0.1) is 12.5 Å². The highest BCUT2D eigenvalue weighted by Crippen LogP contribution is 2.61. The second kappa shape index (κ2) is 3.54. The van der Waals surface area contributed by atoms with E-state index in [0.29, 0.717) is 18.1 Å². The predicted molar refractivity (Wildman–Crippen MR) is 53.6 cm³/mol. The maximum Gasteiger partial charge on any atom is 0.309 e. The van der Waals surface area contributed by atoms with Crippen molar-refractivity contribution >= 4 is 5.97 Å². The van der Waals surface area contributed by atoms with Crippen molar-refractivity contribution in [2.45, 2.75) is 45.1 Å². The zero-order valence-electron chi connectivity index (χ0n) is 8.79. The Morgan fingerprint density at radius 1 is 1.50 bits per heavy atom. The van der Waals surface area contributed by atoms with Gasteiger partial charge in [-0.15, -0.1) is 0 Å². The lowest BCUT2D eigenvalue weighted by molar-refractivity contribution is -0.145. The Bertz CT molecular complexity index is 231. The average molecular weight is 197 g/mol. The molecule has 3 heteroatoms. The molecule has 0 aromatic heterocycles. The topological polar surface area (TPSA) is 52.3 Å². The van der Waals surface area contributed by atoms with Crippen molar-refractivity contribution in [1.29, 1.82) is 0 Å². The summed E-state index contributed by atoms with van der Waals surface area (Å²) in [6.07, 6.45) is 5.44. The van der Waals surface area contributed by atoms with Gasteiger partial charge in [0.1, 0.15) is 0 Å². The van der Waals surface area contributed by atoms with Crippen LogP contribution >= 0.6 is 0 Å². The molecule has 0 amide bonds. The van der Waals surface area contributed by atoms with E-state index >= 15 is 0 Å². The monoisotopic (exact) mass is 197 g/mol. The van der Waals surface area contributed by atoms with Crippen LogP contribution in [0.5, 0.6) is 0 Å². The molecule has 2 aliphatic carbocycles. The van der Waals surface area contributed by atoms with Crippen LogP contribution in [0.25, 0.3) is 0 Å². The number of hydrogen-bond donors (Lipinski definition) is 1. The minimum Gasteiger partial charge on any atom is -0.466 e. The summed E-state index contributed by atoms with van der Waals surface area (Å²) in [7, 11) is 0. The summed E-state index contributed by atoms with van der Waals surface area (Å²) in [4.78, 5) is 11.5. The van der Waals surface area contributed by atoms with Crippen LogP contribution in [-0.2, 0) is 9.53 Å². The molecule has 80 valence electrons. The molecule has 0 aromatic carbocycles. The molecule has 1 unspecified atom stereocenters. The highest BCUT2D eigenvalue weighted by molar-refractivity contribution is 5.77. The van der Waals surface area contributed by atoms with Gasteiger partial charge in [0.2, 0.25) is 0 Å². The van der Waals surface area contributed by atoms with E-state index in [1.54, 1.807) is 0 Å². The van der Waals surface area contributed by atoms with E-state index in [4.69, 9.17) is 10.5 Å². The van der Waals surface area contributed by atoms with E-state index in [1.807, 2.05) is 6.92 Å². The Balaban J connectivity index is 1.87. The van der Waals surface area contributed by atoms with Gasteiger partial charge in [-0.05, 0) is 44.4 Å². The van der Waals surface area contributed by atoms with Gasteiger partial charge in [0, 0.05) is 6.04 Å². The molecular weight excluding hydrogens is 178 g/mol. The first-order valence-electron chi connectivity index (χ1n) is 5.60. The van der Waals surface area contributed by atoms with Crippen molar-refractivity contribution in [3.63, 3.8) is 0 Å². The molecule has 0 aromatic rings. The number of esters is 1. The van der Waals surface area contributed by atoms with Crippen LogP contribution in [0, 0.1) is 11.3 Å². The van der Waals surface area contributed by atoms with Gasteiger partial charge < -0.3 is 10.5 Å². The van der Waals surface area contributed by atoms with E-state index in [-0.39, 0.29) is 11.9 Å². The van der Waals surface area contributed by atoms with Crippen LogP contribution in [0.1, 0.15) is 39.0 Å². The molecule has 0 heterocycles. The van der Waals surface area contributed by atoms with Crippen LogP contribution in [0.15, 0.2) is 0 Å². The number of nitrogens with two attached hydrogens (primary N) is 1. The lowest BCUT2D eigenvalue weighted by atomic mass is 9.82. The van der Waals surface area contributed by atoms with Gasteiger partial charge in [-0.25, -0.2) is 0 Å². The molecule has 2 rings (SSSR count). The molecule has 2 aliphatic rings. The molecule has 0 aliphatic heterocycles. The molecule has 0 radical (unpaired) electrons. The molecule has 0 saturated heterocycles. The van der Waals surface area contributed by atoms with E-state index in [2.05, 4.69) is 0 Å². The third-order valence-corrected chi connectivity index (χ3v) is 3.79. The molecule has 2 N–H and O–H groups in total. The highest BCUT2D eigenvalue weighted by atomic mass is 16.5. The van der Waals surface area contributed by atoms with Crippen LogP contribution in [0.4, 0.5) is 0 Å². The van der Waals surface area contributed by atoms with Gasteiger partial charge in [-0.1, -0.05) is 0 Å². The second-order valence-electron chi connectivity index (χ2n) is 4.71. The molecule has 2 fully saturated rings. The summed E-state index contributed by atoms with van der Waals surface area (Å²) in [5.74, 6) is 0.206. The third-order valence-electron chi connectivity index (χ3n) is 3.79. The van der Waals surface area contributed by atoms with Gasteiger partial charge in [0.15, 0.2) is 0 Å². The molecule has 14 heavy (non-hydrogen) atoms. The number of carbonyl (C=O) groups excluding carboxylic acids is 1. The Labute approximate surface area is 85.0 Å². The van der Waals surface area contributed by atoms with Crippen molar-refractivity contribution in [3.8, 4) is 0 Å². The van der Waals surface area contributed by atoms with Crippen molar-refractivity contribution < 1.29 is 9.53 Å². The minimum absolute atomic E-state index is 0.0166. The Kier molecular flexibility index (Phi) is 2.52. The Morgan fingerprint density at radius 3 is 2.71 bits per heavy atom. The Morgan fingerprint density at radius 2 is 2.14 bits per heavy atom. The van der Waals surface area contributed by atoms with Gasteiger partial charge in [0.25, 0.3) is 0 Å². The summed E-state index contributed by atoms with van der Waals surface area (Å²) in [5.41, 5.74) is 6.14. The quantitative estimate of drug-likeness (QED) is 0.682. The van der Waals surface area contributed by atoms with Crippen molar-refractivity contribution in [2.75, 3.05) is 6.61 Å². The molecule has 0 bridgehead atoms. The fraction of sp³-hybridized carbons (Fsp3) is 0.909. The number of ether oxygens (including phenoxy) is 1. The second-order valence-corrected chi connectivity index (χ2v) is 4.71. The first-order valence-corrected chi connectivity index (χ1v) is 5.60. The van der Waals surface area contributed by atoms with Crippen molar-refractivity contribution in [3.05, 3.63) is 0 Å². The largest absolute Gasteiger partial charge is 0.466 e. The summed E-state index contributed by atoms with van der Waals surface area (Å²) < 4.78 is 5.05. The molecule has 1 atom stereocenters. The molecule has 3 nitrogen and oxygen atoms in total. The number of hydrogen-bond acceptors (Lipinski definition) is 3. The number of rotatable bonds is 2.